The van der Waals surface area contributed by atoms with Gasteiger partial charge < -0.3 is 31.2 Å². The van der Waals surface area contributed by atoms with Crippen molar-refractivity contribution in [2.75, 3.05) is 36.1 Å². The Morgan fingerprint density at radius 2 is 1.23 bits per heavy atom. The van der Waals surface area contributed by atoms with Crippen LogP contribution in [0.25, 0.3) is 0 Å². The van der Waals surface area contributed by atoms with Crippen LogP contribution in [0.15, 0.2) is 0 Å². The zero-order valence-corrected chi connectivity index (χ0v) is 29.3. The molecule has 6 N–H and O–H groups in total. The van der Waals surface area contributed by atoms with Gasteiger partial charge in [-0.25, -0.2) is 9.59 Å². The van der Waals surface area contributed by atoms with E-state index in [0.717, 1.165) is 74.5 Å². The Morgan fingerprint density at radius 1 is 0.773 bits per heavy atom. The number of hydrogen-bond acceptors (Lipinski definition) is 8. The van der Waals surface area contributed by atoms with E-state index in [2.05, 4.69) is 21.7 Å². The fourth-order valence-electron chi connectivity index (χ4n) is 4.37. The Balaban J connectivity index is 0.000000823. The molecule has 2 fully saturated rings. The van der Waals surface area contributed by atoms with Crippen molar-refractivity contribution in [1.29, 1.82) is 0 Å². The molecule has 0 bridgehead atoms. The summed E-state index contributed by atoms with van der Waals surface area (Å²) >= 11 is 3.70. The Kier molecular flexibility index (Phi) is 21.1. The number of quaternary nitrogens is 1. The number of esters is 1. The standard InChI is InChI=1S/C16H30N2O3S.C15H28N2O3S.CH4/c1-12(18-15(20)21-16(2,3)4)7-5-6-9-17-14(19)13-8-10-22-11-13;1-15(2,3)20-14(19)12(16)6-4-5-8-17-13(18)11-7-9-21-10-11;/h12-13H,5-11H2,1-4H3,(H,17,19)(H,18,20);11-12H,4-10,16H2,1-3H3,(H,17,18);1H4/p+1/t12-,13-;11-,12+;/m11./s1. The second-order valence-electron chi connectivity index (χ2n) is 13.5. The molecule has 0 aromatic carbocycles. The zero-order valence-electron chi connectivity index (χ0n) is 27.7. The molecule has 4 atom stereocenters. The summed E-state index contributed by atoms with van der Waals surface area (Å²) in [6, 6.07) is -0.247. The van der Waals surface area contributed by atoms with E-state index in [1.165, 1.54) is 0 Å². The van der Waals surface area contributed by atoms with E-state index in [1.54, 1.807) is 0 Å². The van der Waals surface area contributed by atoms with Crippen LogP contribution in [0, 0.1) is 11.8 Å². The third-order valence-electron chi connectivity index (χ3n) is 6.75. The predicted molar refractivity (Wildman–Crippen MR) is 183 cm³/mol. The number of amides is 3. The number of carbonyl (C=O) groups excluding carboxylic acids is 4. The number of thioether (sulfide) groups is 2. The summed E-state index contributed by atoms with van der Waals surface area (Å²) in [5, 5.41) is 8.81. The van der Waals surface area contributed by atoms with E-state index in [-0.39, 0.29) is 55.2 Å². The molecule has 12 heteroatoms. The van der Waals surface area contributed by atoms with Crippen molar-refractivity contribution >= 4 is 47.4 Å². The maximum atomic E-state index is 11.8. The topological polar surface area (TPSA) is 150 Å². The second kappa shape index (κ2) is 22.0. The van der Waals surface area contributed by atoms with Gasteiger partial charge in [0.15, 0.2) is 6.04 Å². The van der Waals surface area contributed by atoms with E-state index < -0.39 is 11.2 Å². The Hall–Kier alpha value is -1.66. The fourth-order valence-corrected chi connectivity index (χ4v) is 6.81. The molecular weight excluding hydrogens is 601 g/mol. The highest BCUT2D eigenvalue weighted by Gasteiger charge is 2.25. The molecule has 3 amide bonds. The van der Waals surface area contributed by atoms with Gasteiger partial charge in [0, 0.05) is 48.9 Å². The summed E-state index contributed by atoms with van der Waals surface area (Å²) in [4.78, 5) is 47.0. The van der Waals surface area contributed by atoms with Gasteiger partial charge in [-0.3, -0.25) is 9.59 Å². The Bertz CT molecular complexity index is 851. The van der Waals surface area contributed by atoms with Crippen molar-refractivity contribution in [3.8, 4) is 0 Å². The largest absolute Gasteiger partial charge is 0.456 e. The van der Waals surface area contributed by atoms with Gasteiger partial charge in [0.25, 0.3) is 0 Å². The Morgan fingerprint density at radius 3 is 1.64 bits per heavy atom. The van der Waals surface area contributed by atoms with Crippen molar-refractivity contribution in [2.24, 2.45) is 11.8 Å². The highest BCUT2D eigenvalue weighted by molar-refractivity contribution is 7.99. The molecule has 2 rings (SSSR count). The molecule has 258 valence electrons. The van der Waals surface area contributed by atoms with Crippen LogP contribution < -0.4 is 21.7 Å². The molecule has 0 aliphatic carbocycles. The second-order valence-corrected chi connectivity index (χ2v) is 15.8. The lowest BCUT2D eigenvalue weighted by atomic mass is 10.1. The number of nitrogens with one attached hydrogen (secondary N) is 3. The van der Waals surface area contributed by atoms with Crippen LogP contribution in [0.5, 0.6) is 0 Å². The van der Waals surface area contributed by atoms with Crippen molar-refractivity contribution < 1.29 is 34.4 Å². The molecule has 0 unspecified atom stereocenters. The zero-order chi connectivity index (χ0) is 32.5. The Labute approximate surface area is 275 Å². The van der Waals surface area contributed by atoms with Crippen molar-refractivity contribution in [3.63, 3.8) is 0 Å². The van der Waals surface area contributed by atoms with Gasteiger partial charge in [0.1, 0.15) is 11.2 Å². The van der Waals surface area contributed by atoms with E-state index in [4.69, 9.17) is 9.47 Å². The highest BCUT2D eigenvalue weighted by Crippen LogP contribution is 2.24. The summed E-state index contributed by atoms with van der Waals surface area (Å²) in [7, 11) is 0. The van der Waals surface area contributed by atoms with Crippen LogP contribution in [0.3, 0.4) is 0 Å². The van der Waals surface area contributed by atoms with Crippen LogP contribution in [0.1, 0.15) is 107 Å². The van der Waals surface area contributed by atoms with Crippen LogP contribution in [-0.4, -0.2) is 83.3 Å². The third-order valence-corrected chi connectivity index (χ3v) is 9.07. The summed E-state index contributed by atoms with van der Waals surface area (Å²) in [6.45, 7) is 14.5. The lowest BCUT2D eigenvalue weighted by Gasteiger charge is -2.22. The highest BCUT2D eigenvalue weighted by atomic mass is 32.2. The minimum atomic E-state index is -0.466. The van der Waals surface area contributed by atoms with E-state index in [1.807, 2.05) is 72.0 Å². The first-order valence-electron chi connectivity index (χ1n) is 15.8. The first kappa shape index (κ1) is 42.3. The molecule has 44 heavy (non-hydrogen) atoms. The van der Waals surface area contributed by atoms with Crippen molar-refractivity contribution in [1.82, 2.24) is 16.0 Å². The lowest BCUT2D eigenvalue weighted by Crippen LogP contribution is -2.65. The number of unbranched alkanes of at least 4 members (excludes halogenated alkanes) is 2. The molecular formula is C32H63N4O6S2+. The average molecular weight is 664 g/mol. The number of carbonyl (C=O) groups is 4. The summed E-state index contributed by atoms with van der Waals surface area (Å²) in [5.41, 5.74) is 2.93. The van der Waals surface area contributed by atoms with E-state index in [0.29, 0.717) is 13.0 Å². The molecule has 0 radical (unpaired) electrons. The van der Waals surface area contributed by atoms with Gasteiger partial charge in [-0.1, -0.05) is 7.43 Å². The monoisotopic (exact) mass is 663 g/mol. The molecule has 2 heterocycles. The molecule has 2 aliphatic heterocycles. The number of rotatable bonds is 14. The van der Waals surface area contributed by atoms with Crippen molar-refractivity contribution in [3.05, 3.63) is 0 Å². The normalized spacial score (nSPS) is 19.4. The van der Waals surface area contributed by atoms with Crippen LogP contribution >= 0.6 is 23.5 Å². The van der Waals surface area contributed by atoms with Gasteiger partial charge in [0.05, 0.1) is 0 Å². The number of hydrogen-bond donors (Lipinski definition) is 4. The average Bonchev–Trinajstić information content (AvgIpc) is 3.61. The van der Waals surface area contributed by atoms with Gasteiger partial charge >= 0.3 is 12.1 Å². The molecule has 2 saturated heterocycles. The fraction of sp³-hybridized carbons (Fsp3) is 0.875. The first-order chi connectivity index (χ1) is 20.1. The molecule has 0 aromatic heterocycles. The van der Waals surface area contributed by atoms with Crippen LogP contribution in [0.4, 0.5) is 4.79 Å². The molecule has 2 aliphatic rings. The summed E-state index contributed by atoms with van der Waals surface area (Å²) in [6.07, 6.45) is 6.87. The third kappa shape index (κ3) is 21.1. The maximum Gasteiger partial charge on any atom is 0.407 e. The SMILES string of the molecule is C.CC(C)(C)OC(=O)[C@@H]([NH3+])CCCCNC(=O)[C@@H]1CCSC1.C[C@H](CCCCNC(=O)[C@@H]1CCSC1)NC(=O)OC(C)(C)C. The lowest BCUT2D eigenvalue weighted by molar-refractivity contribution is -0.411. The quantitative estimate of drug-likeness (QED) is 0.156. The van der Waals surface area contributed by atoms with E-state index >= 15 is 0 Å². The van der Waals surface area contributed by atoms with Gasteiger partial charge in [-0.05, 0) is 105 Å². The molecule has 0 saturated carbocycles. The smallest absolute Gasteiger partial charge is 0.407 e. The predicted octanol–water partition coefficient (Wildman–Crippen LogP) is 4.55. The number of alkyl carbamates (subject to hydrolysis) is 1. The van der Waals surface area contributed by atoms with Crippen LogP contribution in [0.2, 0.25) is 0 Å². The molecule has 0 aromatic rings. The van der Waals surface area contributed by atoms with Crippen LogP contribution in [-0.2, 0) is 23.9 Å². The van der Waals surface area contributed by atoms with Crippen molar-refractivity contribution in [2.45, 2.75) is 131 Å². The van der Waals surface area contributed by atoms with Gasteiger partial charge in [-0.15, -0.1) is 0 Å². The van der Waals surface area contributed by atoms with Gasteiger partial charge in [0.2, 0.25) is 11.8 Å². The summed E-state index contributed by atoms with van der Waals surface area (Å²) < 4.78 is 10.5. The van der Waals surface area contributed by atoms with E-state index in [9.17, 15) is 19.2 Å². The molecule has 10 nitrogen and oxygen atoms in total. The minimum absolute atomic E-state index is 0. The van der Waals surface area contributed by atoms with Gasteiger partial charge in [-0.2, -0.15) is 23.5 Å². The summed E-state index contributed by atoms with van der Waals surface area (Å²) in [5.74, 6) is 4.64. The molecule has 0 spiro atoms. The number of ether oxygens (including phenoxy) is 2. The first-order valence-corrected chi connectivity index (χ1v) is 18.1. The minimum Gasteiger partial charge on any atom is -0.456 e. The maximum absolute atomic E-state index is 11.8.